The van der Waals surface area contributed by atoms with Gasteiger partial charge in [-0.1, -0.05) is 35.9 Å². The van der Waals surface area contributed by atoms with Gasteiger partial charge in [-0.25, -0.2) is 23.4 Å². The van der Waals surface area contributed by atoms with Gasteiger partial charge in [0.15, 0.2) is 11.6 Å². The van der Waals surface area contributed by atoms with Crippen LogP contribution in [0.3, 0.4) is 0 Å². The molecular weight excluding hydrogens is 678 g/mol. The van der Waals surface area contributed by atoms with Gasteiger partial charge in [-0.15, -0.1) is 0 Å². The summed E-state index contributed by atoms with van der Waals surface area (Å²) in [7, 11) is 3.70. The number of fused-ring (bicyclic) bond motifs is 1. The highest BCUT2D eigenvalue weighted by molar-refractivity contribution is 6.34. The van der Waals surface area contributed by atoms with Gasteiger partial charge in [-0.2, -0.15) is 0 Å². The molecule has 5 aromatic rings. The Hall–Kier alpha value is -5.40. The highest BCUT2D eigenvalue weighted by Gasteiger charge is 2.22. The number of carbonyl (C=O) groups is 2. The maximum Gasteiger partial charge on any atom is 0.280 e. The molecule has 6 rings (SSSR count). The van der Waals surface area contributed by atoms with Crippen LogP contribution in [0.5, 0.6) is 0 Å². The van der Waals surface area contributed by atoms with E-state index in [-0.39, 0.29) is 30.6 Å². The molecule has 0 radical (unpaired) electrons. The summed E-state index contributed by atoms with van der Waals surface area (Å²) >= 11 is 6.49. The molecule has 264 valence electrons. The van der Waals surface area contributed by atoms with Crippen molar-refractivity contribution in [2.45, 2.75) is 32.4 Å². The number of nitrogens with zero attached hydrogens (tertiary/aromatic N) is 5. The van der Waals surface area contributed by atoms with Gasteiger partial charge in [0.1, 0.15) is 5.56 Å². The Balaban J connectivity index is 1.04. The van der Waals surface area contributed by atoms with E-state index >= 15 is 0 Å². The number of halogens is 3. The van der Waals surface area contributed by atoms with Crippen molar-refractivity contribution >= 4 is 52.0 Å². The zero-order chi connectivity index (χ0) is 36.2. The van der Waals surface area contributed by atoms with Gasteiger partial charge in [0, 0.05) is 42.6 Å². The largest absolute Gasteiger partial charge is 0.349 e. The number of piperidine rings is 1. The maximum absolute atomic E-state index is 13.7. The molecule has 0 saturated carbocycles. The second kappa shape index (κ2) is 15.2. The predicted molar refractivity (Wildman–Crippen MR) is 193 cm³/mol. The van der Waals surface area contributed by atoms with E-state index < -0.39 is 23.1 Å². The van der Waals surface area contributed by atoms with E-state index in [4.69, 9.17) is 11.6 Å². The molecule has 1 saturated heterocycles. The van der Waals surface area contributed by atoms with Crippen molar-refractivity contribution in [2.24, 2.45) is 7.05 Å². The fourth-order valence-corrected chi connectivity index (χ4v) is 6.25. The first-order chi connectivity index (χ1) is 24.5. The minimum absolute atomic E-state index is 0.0209. The zero-order valence-electron chi connectivity index (χ0n) is 28.3. The molecule has 14 heteroatoms. The predicted octanol–water partition coefficient (Wildman–Crippen LogP) is 5.43. The zero-order valence-corrected chi connectivity index (χ0v) is 29.1. The number of rotatable bonds is 10. The van der Waals surface area contributed by atoms with Gasteiger partial charge in [0.05, 0.1) is 22.6 Å². The molecule has 1 aliphatic heterocycles. The van der Waals surface area contributed by atoms with Gasteiger partial charge < -0.3 is 20.9 Å². The lowest BCUT2D eigenvalue weighted by molar-refractivity contribution is 0.0915. The number of amides is 2. The first-order valence-electron chi connectivity index (χ1n) is 16.4. The average Bonchev–Trinajstić information content (AvgIpc) is 3.31. The molecule has 3 N–H and O–H groups in total. The molecule has 3 heterocycles. The molecule has 0 spiro atoms. The van der Waals surface area contributed by atoms with E-state index in [1.54, 1.807) is 44.4 Å². The van der Waals surface area contributed by atoms with Crippen LogP contribution in [0.1, 0.15) is 50.4 Å². The Kier molecular flexibility index (Phi) is 10.6. The number of likely N-dealkylation sites (tertiary alicyclic amines) is 1. The van der Waals surface area contributed by atoms with Crippen LogP contribution >= 0.6 is 11.6 Å². The fourth-order valence-electron chi connectivity index (χ4n) is 5.99. The number of hydrogen-bond acceptors (Lipinski definition) is 7. The third-order valence-electron chi connectivity index (χ3n) is 9.02. The lowest BCUT2D eigenvalue weighted by atomic mass is 10.0. The highest BCUT2D eigenvalue weighted by atomic mass is 35.5. The van der Waals surface area contributed by atoms with E-state index in [9.17, 15) is 23.2 Å². The van der Waals surface area contributed by atoms with Gasteiger partial charge >= 0.3 is 0 Å². The Bertz CT molecular complexity index is 2210. The summed E-state index contributed by atoms with van der Waals surface area (Å²) in [6.07, 6.45) is 7.09. The molecule has 11 nitrogen and oxygen atoms in total. The van der Waals surface area contributed by atoms with Gasteiger partial charge in [-0.05, 0) is 93.5 Å². The van der Waals surface area contributed by atoms with Crippen molar-refractivity contribution < 1.29 is 18.4 Å². The molecule has 1 aliphatic rings. The third-order valence-corrected chi connectivity index (χ3v) is 9.33. The van der Waals surface area contributed by atoms with Crippen LogP contribution in [0, 0.1) is 18.6 Å². The molecular formula is C37H37ClF2N8O3. The quantitative estimate of drug-likeness (QED) is 0.176. The Labute approximate surface area is 297 Å². The monoisotopic (exact) mass is 714 g/mol. The maximum atomic E-state index is 13.7. The molecule has 3 aromatic carbocycles. The number of nitrogens with one attached hydrogen (secondary N) is 3. The van der Waals surface area contributed by atoms with E-state index in [1.807, 2.05) is 24.3 Å². The number of carbonyl (C=O) groups excluding carboxylic acids is 2. The lowest BCUT2D eigenvalue weighted by Gasteiger charge is -2.29. The van der Waals surface area contributed by atoms with E-state index in [0.29, 0.717) is 39.0 Å². The Morgan fingerprint density at radius 1 is 1.00 bits per heavy atom. The van der Waals surface area contributed by atoms with Gasteiger partial charge in [-0.3, -0.25) is 19.1 Å². The average molecular weight is 715 g/mol. The molecule has 51 heavy (non-hydrogen) atoms. The standard InChI is InChI=1S/C37H37ClF2N8O3/c1-22-33(36(51)48(47(22)3)21-24-6-10-30(39)31(40)18-24)35(50)41-14-4-5-23-7-11-32-25(17-23)20-42-37(45-32)44-27-8-9-28(29(38)19-27)34(49)43-26-12-15-46(2)16-13-26/h4-11,17-20,26H,12-16,21H2,1-3H3,(H,41,50)(H,43,49)(H,42,44,45)/b5-4+. The van der Waals surface area contributed by atoms with Crippen LogP contribution in [0.2, 0.25) is 5.02 Å². The van der Waals surface area contributed by atoms with Crippen molar-refractivity contribution in [1.82, 2.24) is 34.9 Å². The second-order valence-electron chi connectivity index (χ2n) is 12.6. The van der Waals surface area contributed by atoms with Crippen molar-refractivity contribution in [3.8, 4) is 0 Å². The summed E-state index contributed by atoms with van der Waals surface area (Å²) in [5.74, 6) is -2.34. The van der Waals surface area contributed by atoms with Crippen LogP contribution < -0.4 is 21.5 Å². The Morgan fingerprint density at radius 2 is 1.78 bits per heavy atom. The summed E-state index contributed by atoms with van der Waals surface area (Å²) in [4.78, 5) is 50.2. The summed E-state index contributed by atoms with van der Waals surface area (Å²) in [5, 5.41) is 10.1. The summed E-state index contributed by atoms with van der Waals surface area (Å²) in [6.45, 7) is 3.68. The van der Waals surface area contributed by atoms with Crippen LogP contribution in [0.4, 0.5) is 20.4 Å². The van der Waals surface area contributed by atoms with Gasteiger partial charge in [0.25, 0.3) is 17.4 Å². The van der Waals surface area contributed by atoms with Gasteiger partial charge in [0.2, 0.25) is 5.95 Å². The number of hydrogen-bond donors (Lipinski definition) is 3. The Morgan fingerprint density at radius 3 is 2.53 bits per heavy atom. The molecule has 0 atom stereocenters. The number of benzene rings is 3. The number of anilines is 2. The van der Waals surface area contributed by atoms with Crippen LogP contribution in [-0.4, -0.2) is 68.8 Å². The molecule has 1 fully saturated rings. The number of aromatic nitrogens is 4. The normalized spacial score (nSPS) is 13.9. The van der Waals surface area contributed by atoms with Crippen LogP contribution in [0.25, 0.3) is 17.0 Å². The van der Waals surface area contributed by atoms with Crippen LogP contribution in [-0.2, 0) is 13.6 Å². The third kappa shape index (κ3) is 8.16. The summed E-state index contributed by atoms with van der Waals surface area (Å²) in [6, 6.07) is 14.3. The van der Waals surface area contributed by atoms with Crippen molar-refractivity contribution in [3.05, 3.63) is 122 Å². The molecule has 2 amide bonds. The molecule has 2 aromatic heterocycles. The van der Waals surface area contributed by atoms with Crippen molar-refractivity contribution in [3.63, 3.8) is 0 Å². The lowest BCUT2D eigenvalue weighted by Crippen LogP contribution is -2.43. The smallest absolute Gasteiger partial charge is 0.280 e. The summed E-state index contributed by atoms with van der Waals surface area (Å²) < 4.78 is 29.9. The SMILES string of the molecule is Cc1c(C(=O)NC/C=C/c2ccc3nc(Nc4ccc(C(=O)NC5CCN(C)CC5)c(Cl)c4)ncc3c2)c(=O)n(Cc2ccc(F)c(F)c2)n1C. The van der Waals surface area contributed by atoms with E-state index in [0.717, 1.165) is 49.0 Å². The van der Waals surface area contributed by atoms with Crippen molar-refractivity contribution in [1.29, 1.82) is 0 Å². The fraction of sp³-hybridized carbons (Fsp3) is 0.270. The molecule has 0 bridgehead atoms. The molecule has 0 unspecified atom stereocenters. The first kappa shape index (κ1) is 35.4. The minimum Gasteiger partial charge on any atom is -0.349 e. The summed E-state index contributed by atoms with van der Waals surface area (Å²) in [5.41, 5.74) is 2.89. The molecule has 0 aliphatic carbocycles. The van der Waals surface area contributed by atoms with Crippen molar-refractivity contribution in [2.75, 3.05) is 32.0 Å². The first-order valence-corrected chi connectivity index (χ1v) is 16.8. The minimum atomic E-state index is -1.01. The van der Waals surface area contributed by atoms with Crippen LogP contribution in [0.15, 0.2) is 71.7 Å². The van der Waals surface area contributed by atoms with E-state index in [2.05, 4.69) is 37.9 Å². The highest BCUT2D eigenvalue weighted by Crippen LogP contribution is 2.24. The van der Waals surface area contributed by atoms with E-state index in [1.165, 1.54) is 15.4 Å². The topological polar surface area (TPSA) is 126 Å². The second-order valence-corrected chi connectivity index (χ2v) is 13.0.